The molecule has 0 spiro atoms. The minimum absolute atomic E-state index is 0.0390. The molecule has 0 saturated carbocycles. The van der Waals surface area contributed by atoms with E-state index in [1.54, 1.807) is 30.3 Å². The molecule has 0 saturated heterocycles. The molecule has 0 amide bonds. The van der Waals surface area contributed by atoms with Gasteiger partial charge in [0.25, 0.3) is 0 Å². The second-order valence-corrected chi connectivity index (χ2v) is 5.29. The fourth-order valence-electron chi connectivity index (χ4n) is 2.04. The second-order valence-electron chi connectivity index (χ2n) is 4.38. The molecule has 0 aliphatic rings. The van der Waals surface area contributed by atoms with E-state index >= 15 is 0 Å². The minimum atomic E-state index is -0.417. The van der Waals surface area contributed by atoms with Crippen LogP contribution in [0.1, 0.15) is 15.9 Å². The van der Waals surface area contributed by atoms with Gasteiger partial charge in [-0.1, -0.05) is 28.1 Å². The van der Waals surface area contributed by atoms with Crippen LogP contribution < -0.4 is 9.47 Å². The highest BCUT2D eigenvalue weighted by Crippen LogP contribution is 2.31. The van der Waals surface area contributed by atoms with E-state index in [2.05, 4.69) is 15.9 Å². The SMILES string of the molecule is COc1cccc(C(=O)Cc2ccc(Br)cc2F)c1OC. The summed E-state index contributed by atoms with van der Waals surface area (Å²) in [6.07, 6.45) is -0.0390. The fraction of sp³-hybridized carbons (Fsp3) is 0.188. The van der Waals surface area contributed by atoms with Crippen molar-refractivity contribution in [3.8, 4) is 11.5 Å². The van der Waals surface area contributed by atoms with Crippen molar-refractivity contribution in [2.75, 3.05) is 14.2 Å². The highest BCUT2D eigenvalue weighted by atomic mass is 79.9. The first kappa shape index (κ1) is 15.5. The van der Waals surface area contributed by atoms with Crippen LogP contribution in [-0.4, -0.2) is 20.0 Å². The molecule has 0 N–H and O–H groups in total. The first-order chi connectivity index (χ1) is 10.1. The van der Waals surface area contributed by atoms with Crippen molar-refractivity contribution in [1.29, 1.82) is 0 Å². The number of ketones is 1. The molecule has 2 rings (SSSR count). The maximum absolute atomic E-state index is 13.8. The van der Waals surface area contributed by atoms with E-state index in [0.29, 0.717) is 27.1 Å². The number of rotatable bonds is 5. The van der Waals surface area contributed by atoms with E-state index in [4.69, 9.17) is 9.47 Å². The quantitative estimate of drug-likeness (QED) is 0.762. The molecule has 0 aromatic heterocycles. The number of methoxy groups -OCH3 is 2. The lowest BCUT2D eigenvalue weighted by molar-refractivity contribution is 0.0988. The largest absolute Gasteiger partial charge is 0.493 e. The molecule has 0 unspecified atom stereocenters. The summed E-state index contributed by atoms with van der Waals surface area (Å²) in [5.41, 5.74) is 0.715. The van der Waals surface area contributed by atoms with Gasteiger partial charge in [-0.15, -0.1) is 0 Å². The molecule has 21 heavy (non-hydrogen) atoms. The van der Waals surface area contributed by atoms with Crippen molar-refractivity contribution < 1.29 is 18.7 Å². The van der Waals surface area contributed by atoms with Crippen LogP contribution in [-0.2, 0) is 6.42 Å². The summed E-state index contributed by atoms with van der Waals surface area (Å²) in [6.45, 7) is 0. The Kier molecular flexibility index (Phi) is 4.96. The fourth-order valence-corrected chi connectivity index (χ4v) is 2.37. The molecule has 110 valence electrons. The van der Waals surface area contributed by atoms with E-state index in [1.807, 2.05) is 0 Å². The first-order valence-electron chi connectivity index (χ1n) is 6.25. The van der Waals surface area contributed by atoms with Crippen molar-refractivity contribution in [3.63, 3.8) is 0 Å². The summed E-state index contributed by atoms with van der Waals surface area (Å²) >= 11 is 3.19. The molecule has 0 bridgehead atoms. The molecule has 5 heteroatoms. The van der Waals surface area contributed by atoms with Gasteiger partial charge in [0.2, 0.25) is 0 Å². The van der Waals surface area contributed by atoms with Crippen molar-refractivity contribution in [2.24, 2.45) is 0 Å². The van der Waals surface area contributed by atoms with E-state index in [1.165, 1.54) is 20.3 Å². The maximum Gasteiger partial charge on any atom is 0.171 e. The predicted octanol–water partition coefficient (Wildman–Crippen LogP) is 4.03. The molecule has 0 fully saturated rings. The van der Waals surface area contributed by atoms with Gasteiger partial charge in [0, 0.05) is 10.9 Å². The monoisotopic (exact) mass is 352 g/mol. The molecular formula is C16H14BrFO3. The lowest BCUT2D eigenvalue weighted by Crippen LogP contribution is -2.08. The Labute approximate surface area is 130 Å². The Morgan fingerprint density at radius 2 is 1.95 bits per heavy atom. The zero-order valence-corrected chi connectivity index (χ0v) is 13.2. The van der Waals surface area contributed by atoms with Gasteiger partial charge in [-0.05, 0) is 29.8 Å². The number of hydrogen-bond donors (Lipinski definition) is 0. The molecule has 0 radical (unpaired) electrons. The van der Waals surface area contributed by atoms with Gasteiger partial charge >= 0.3 is 0 Å². The second kappa shape index (κ2) is 6.72. The Morgan fingerprint density at radius 1 is 1.19 bits per heavy atom. The number of hydrogen-bond acceptors (Lipinski definition) is 3. The van der Waals surface area contributed by atoms with Gasteiger partial charge in [0.1, 0.15) is 5.82 Å². The van der Waals surface area contributed by atoms with Crippen LogP contribution in [0.4, 0.5) is 4.39 Å². The summed E-state index contributed by atoms with van der Waals surface area (Å²) in [5.74, 6) is 0.189. The number of para-hydroxylation sites is 1. The summed E-state index contributed by atoms with van der Waals surface area (Å²) < 4.78 is 24.8. The molecular weight excluding hydrogens is 339 g/mol. The predicted molar refractivity (Wildman–Crippen MR) is 81.7 cm³/mol. The normalized spacial score (nSPS) is 10.3. The van der Waals surface area contributed by atoms with Gasteiger partial charge in [-0.2, -0.15) is 0 Å². The standard InChI is InChI=1S/C16H14BrFO3/c1-20-15-5-3-4-12(16(15)21-2)14(19)8-10-6-7-11(17)9-13(10)18/h3-7,9H,8H2,1-2H3. The van der Waals surface area contributed by atoms with Crippen LogP contribution in [0.3, 0.4) is 0 Å². The lowest BCUT2D eigenvalue weighted by atomic mass is 10.0. The third-order valence-electron chi connectivity index (χ3n) is 3.07. The molecule has 0 atom stereocenters. The van der Waals surface area contributed by atoms with Crippen molar-refractivity contribution in [1.82, 2.24) is 0 Å². The summed E-state index contributed by atoms with van der Waals surface area (Å²) in [6, 6.07) is 9.67. The lowest BCUT2D eigenvalue weighted by Gasteiger charge is -2.12. The van der Waals surface area contributed by atoms with Gasteiger partial charge in [0.15, 0.2) is 17.3 Å². The van der Waals surface area contributed by atoms with Crippen molar-refractivity contribution in [3.05, 3.63) is 57.8 Å². The first-order valence-corrected chi connectivity index (χ1v) is 7.04. The van der Waals surface area contributed by atoms with Crippen LogP contribution in [0.2, 0.25) is 0 Å². The number of Topliss-reactive ketones (excluding diaryl/α,β-unsaturated/α-hetero) is 1. The number of ether oxygens (including phenoxy) is 2. The topological polar surface area (TPSA) is 35.5 Å². The van der Waals surface area contributed by atoms with Gasteiger partial charge in [-0.25, -0.2) is 4.39 Å². The summed E-state index contributed by atoms with van der Waals surface area (Å²) in [5, 5.41) is 0. The molecule has 3 nitrogen and oxygen atoms in total. The van der Waals surface area contributed by atoms with Gasteiger partial charge in [0.05, 0.1) is 19.8 Å². The van der Waals surface area contributed by atoms with Crippen molar-refractivity contribution >= 4 is 21.7 Å². The van der Waals surface area contributed by atoms with Crippen LogP contribution >= 0.6 is 15.9 Å². The molecule has 0 aliphatic heterocycles. The van der Waals surface area contributed by atoms with E-state index in [0.717, 1.165) is 0 Å². The molecule has 0 aliphatic carbocycles. The van der Waals surface area contributed by atoms with Crippen LogP contribution in [0.5, 0.6) is 11.5 Å². The van der Waals surface area contributed by atoms with Crippen LogP contribution in [0, 0.1) is 5.82 Å². The third kappa shape index (κ3) is 3.42. The Hall–Kier alpha value is -1.88. The molecule has 0 heterocycles. The number of benzene rings is 2. The van der Waals surface area contributed by atoms with Crippen LogP contribution in [0.15, 0.2) is 40.9 Å². The highest BCUT2D eigenvalue weighted by molar-refractivity contribution is 9.10. The summed E-state index contributed by atoms with van der Waals surface area (Å²) in [7, 11) is 2.97. The van der Waals surface area contributed by atoms with Crippen molar-refractivity contribution in [2.45, 2.75) is 6.42 Å². The Morgan fingerprint density at radius 3 is 2.57 bits per heavy atom. The number of carbonyl (C=O) groups excluding carboxylic acids is 1. The van der Waals surface area contributed by atoms with Gasteiger partial charge < -0.3 is 9.47 Å². The van der Waals surface area contributed by atoms with E-state index in [-0.39, 0.29) is 12.2 Å². The molecule has 2 aromatic carbocycles. The average Bonchev–Trinajstić information content (AvgIpc) is 2.49. The summed E-state index contributed by atoms with van der Waals surface area (Å²) in [4.78, 5) is 12.4. The third-order valence-corrected chi connectivity index (χ3v) is 3.56. The van der Waals surface area contributed by atoms with Crippen LogP contribution in [0.25, 0.3) is 0 Å². The zero-order chi connectivity index (χ0) is 15.4. The Balaban J connectivity index is 2.32. The average molecular weight is 353 g/mol. The molecule has 2 aromatic rings. The Bertz CT molecular complexity index is 671. The zero-order valence-electron chi connectivity index (χ0n) is 11.7. The van der Waals surface area contributed by atoms with E-state index < -0.39 is 5.82 Å². The minimum Gasteiger partial charge on any atom is -0.493 e. The number of halogens is 2. The smallest absolute Gasteiger partial charge is 0.171 e. The number of carbonyl (C=O) groups is 1. The maximum atomic E-state index is 13.8. The van der Waals surface area contributed by atoms with E-state index in [9.17, 15) is 9.18 Å². The van der Waals surface area contributed by atoms with Gasteiger partial charge in [-0.3, -0.25) is 4.79 Å². The highest BCUT2D eigenvalue weighted by Gasteiger charge is 2.18.